The Labute approximate surface area is 834 Å². The summed E-state index contributed by atoms with van der Waals surface area (Å²) in [6.45, 7) is 38.9. The van der Waals surface area contributed by atoms with Crippen LogP contribution in [0.5, 0.6) is 0 Å². The van der Waals surface area contributed by atoms with Crippen molar-refractivity contribution >= 4 is 17.4 Å². The smallest absolute Gasteiger partial charge is 0.141 e. The molecular formula is C123H190N11S+11. The van der Waals surface area contributed by atoms with E-state index in [1.807, 2.05) is 48.7 Å². The van der Waals surface area contributed by atoms with Crippen LogP contribution in [-0.4, -0.2) is 297 Å². The van der Waals surface area contributed by atoms with Gasteiger partial charge >= 0.3 is 0 Å². The van der Waals surface area contributed by atoms with Crippen molar-refractivity contribution in [1.29, 1.82) is 0 Å². The minimum atomic E-state index is 0.561. The van der Waals surface area contributed by atoms with E-state index in [1.54, 1.807) is 0 Å². The number of rotatable bonds is 32. The highest BCUT2D eigenvalue weighted by Gasteiger charge is 2.22. The van der Waals surface area contributed by atoms with Crippen molar-refractivity contribution in [2.45, 2.75) is 113 Å². The molecule has 732 valence electrons. The normalized spacial score (nSPS) is 11.5. The number of hydrogen-bond acceptors (Lipinski definition) is 1. The van der Waals surface area contributed by atoms with Crippen LogP contribution in [0.4, 0.5) is 0 Å². The molecule has 0 saturated heterocycles. The highest BCUT2D eigenvalue weighted by Crippen LogP contribution is 2.22. The molecule has 0 amide bonds. The van der Waals surface area contributed by atoms with Crippen LogP contribution in [0.3, 0.4) is 0 Å². The second kappa shape index (κ2) is 66.3. The van der Waals surface area contributed by atoms with Gasteiger partial charge in [0.1, 0.15) is 84.6 Å². The summed E-state index contributed by atoms with van der Waals surface area (Å²) in [6.07, 6.45) is 25.1. The third-order valence-electron chi connectivity index (χ3n) is 22.9. The average Bonchev–Trinajstić information content (AvgIpc) is 1.13. The van der Waals surface area contributed by atoms with E-state index in [0.717, 1.165) is 122 Å². The fraction of sp³-hybridized carbons (Fsp3) is 0.431. The first-order chi connectivity index (χ1) is 63.3. The van der Waals surface area contributed by atoms with Gasteiger partial charge in [0.05, 0.1) is 220 Å². The summed E-state index contributed by atoms with van der Waals surface area (Å²) in [5.41, 5.74) is 13.5. The molecule has 11 nitrogen and oxygen atoms in total. The van der Waals surface area contributed by atoms with Crippen LogP contribution in [-0.2, 0) is 52.2 Å². The van der Waals surface area contributed by atoms with Gasteiger partial charge in [0.15, 0.2) is 0 Å². The highest BCUT2D eigenvalue weighted by atomic mass is 32.1. The average molecular weight is 1860 g/mol. The molecule has 9 aromatic carbocycles. The highest BCUT2D eigenvalue weighted by molar-refractivity contribution is 7.09. The zero-order valence-corrected chi connectivity index (χ0v) is 91.8. The number of hydrogen-bond donors (Lipinski definition) is 0. The van der Waals surface area contributed by atoms with Gasteiger partial charge < -0.3 is 44.8 Å². The van der Waals surface area contributed by atoms with E-state index in [0.29, 0.717) is 30.2 Å². The van der Waals surface area contributed by atoms with Crippen molar-refractivity contribution in [1.82, 2.24) is 0 Å². The maximum Gasteiger partial charge on any atom is 0.141 e. The molecule has 10 aromatic rings. The molecule has 0 saturated carbocycles. The number of terminal acetylenes is 4. The minimum Gasteiger partial charge on any atom is -0.331 e. The molecule has 0 radical (unpaired) electrons. The van der Waals surface area contributed by atoms with E-state index in [-0.39, 0.29) is 0 Å². The zero-order chi connectivity index (χ0) is 102. The van der Waals surface area contributed by atoms with Gasteiger partial charge in [-0.2, -0.15) is 0 Å². The standard InChI is InChI=1S/C14H20N.C12H18N.C12H20N.C12H16N.C12H20N.3C11H18N.C10H16N.C10H12N.C8H14NS/c1-4-15(3,5-2)13-9-12-14-10-7-6-8-11-14;1-5-11-6-8-12(9-7-11)10-13(2,3)4;2*1-4-10-13(2,3)11-12-8-6-5-7-9-12;1-4-13(3,5-2)11-12-9-7-6-8-10-12;1-10(12(2,3)4)11-8-6-5-7-9-11;1-12(2,3)10-9-11-7-5-4-6-8-11;1-4-12(2,3)10-11-8-6-5-7-9-11;1-11(2,3)9-10-7-5-4-6-8-10;1-5-8-11(4,9-6-2)10-7-3;1-9(2,3)7-8-5-4-6-10-8/h6-8,10-11H,4-5,13H2,1-3H3;5-9H,1,10H2,2-4H3;5-9H,4,10-11H2,1-3H3;1,5-9H,10-11H2,2-3H3;6-10H,4-5,11H2,1-3H3;5-10H,1-4H3;4-8H,9-10H2,1-3H3;5-9H,4,10H2,1-3H3;4-8H,9H2,1-3H3;1-3H,8-10H2,4H3;4-6H,7H2,1-3H3/q11*+1. The second-order valence-corrected chi connectivity index (χ2v) is 44.2. The number of quaternary nitrogens is 11. The van der Waals surface area contributed by atoms with Crippen molar-refractivity contribution in [2.24, 2.45) is 0 Å². The van der Waals surface area contributed by atoms with Gasteiger partial charge in [-0.25, -0.2) is 0 Å². The Bertz CT molecular complexity index is 4810. The molecule has 135 heavy (non-hydrogen) atoms. The maximum absolute atomic E-state index is 5.30. The Morgan fingerprint density at radius 2 is 0.622 bits per heavy atom. The third-order valence-corrected chi connectivity index (χ3v) is 23.7. The Hall–Kier alpha value is -10.2. The van der Waals surface area contributed by atoms with E-state index in [1.165, 1.54) is 101 Å². The SMILES string of the molecule is C#CC[N+](C)(C)Cc1ccccc1.C#CC[N+](C)(CC#C)CC#C.C=Cc1ccc(C[N+](C)(C)C)cc1.CC(c1ccccc1)[N+](C)(C)C.CCC[N+](C)(C)Cc1ccccc1.CC[N+](C)(C)Cc1ccccc1.CC[N+](C)(CC)CC#Cc1ccccc1.CC[N+](C)(CC)Cc1ccccc1.C[N+](C)(C)CCc1ccccc1.C[N+](C)(C)Cc1ccccc1.C[N+](C)(C)Cc1cccs1. The van der Waals surface area contributed by atoms with Crippen molar-refractivity contribution in [2.75, 3.05) is 248 Å². The third kappa shape index (κ3) is 66.8. The summed E-state index contributed by atoms with van der Waals surface area (Å²) in [6, 6.07) is 97.9. The monoisotopic (exact) mass is 1850 g/mol. The van der Waals surface area contributed by atoms with Gasteiger partial charge in [-0.3, -0.25) is 4.48 Å². The molecule has 12 heteroatoms. The lowest BCUT2D eigenvalue weighted by atomic mass is 10.1. The molecule has 0 aliphatic carbocycles. The molecule has 0 fully saturated rings. The molecule has 0 aliphatic rings. The zero-order valence-electron chi connectivity index (χ0n) is 91.0. The fourth-order valence-electron chi connectivity index (χ4n) is 13.5. The molecule has 0 N–H and O–H groups in total. The molecule has 0 spiro atoms. The van der Waals surface area contributed by atoms with Crippen molar-refractivity contribution < 1.29 is 49.3 Å². The quantitative estimate of drug-likeness (QED) is 0.0291. The largest absolute Gasteiger partial charge is 0.331 e. The molecular weight excluding hydrogens is 1660 g/mol. The van der Waals surface area contributed by atoms with Crippen LogP contribution >= 0.6 is 11.3 Å². The predicted octanol–water partition coefficient (Wildman–Crippen LogP) is 23.2. The van der Waals surface area contributed by atoms with E-state index < -0.39 is 0 Å². The van der Waals surface area contributed by atoms with Gasteiger partial charge in [0.2, 0.25) is 0 Å². The lowest BCUT2D eigenvalue weighted by Crippen LogP contribution is -2.44. The first-order valence-electron chi connectivity index (χ1n) is 48.6. The lowest BCUT2D eigenvalue weighted by Gasteiger charge is -2.32. The predicted molar refractivity (Wildman–Crippen MR) is 595 cm³/mol. The van der Waals surface area contributed by atoms with Gasteiger partial charge in [0.25, 0.3) is 0 Å². The molecule has 1 atom stereocenters. The molecule has 1 heterocycles. The molecule has 0 bridgehead atoms. The first-order valence-corrected chi connectivity index (χ1v) is 49.4. The second-order valence-electron chi connectivity index (χ2n) is 43.1. The Kier molecular flexibility index (Phi) is 61.3. The van der Waals surface area contributed by atoms with Crippen LogP contribution in [0.15, 0.2) is 291 Å². The number of nitrogens with zero attached hydrogens (tertiary/aromatic N) is 11. The Balaban J connectivity index is 0.00000146. The Morgan fingerprint density at radius 3 is 0.933 bits per heavy atom. The summed E-state index contributed by atoms with van der Waals surface area (Å²) in [7, 11) is 53.1. The van der Waals surface area contributed by atoms with Gasteiger partial charge in [-0.15, -0.1) is 37.0 Å². The lowest BCUT2D eigenvalue weighted by molar-refractivity contribution is -0.919. The first kappa shape index (κ1) is 125. The van der Waals surface area contributed by atoms with Crippen LogP contribution < -0.4 is 0 Å². The summed E-state index contributed by atoms with van der Waals surface area (Å²) in [5, 5.41) is 2.13. The number of thiophene rings is 1. The molecule has 1 unspecified atom stereocenters. The van der Waals surface area contributed by atoms with Crippen LogP contribution in [0, 0.1) is 61.2 Å². The molecule has 0 aliphatic heterocycles. The maximum atomic E-state index is 5.30. The van der Waals surface area contributed by atoms with E-state index in [9.17, 15) is 0 Å². The fourth-order valence-corrected chi connectivity index (χ4v) is 14.5. The van der Waals surface area contributed by atoms with Crippen LogP contribution in [0.1, 0.15) is 121 Å². The summed E-state index contributed by atoms with van der Waals surface area (Å²) < 4.78 is 10.7. The van der Waals surface area contributed by atoms with E-state index >= 15 is 0 Å². The van der Waals surface area contributed by atoms with Crippen LogP contribution in [0.25, 0.3) is 6.08 Å². The van der Waals surface area contributed by atoms with Crippen molar-refractivity contribution in [3.8, 4) is 61.2 Å². The Morgan fingerprint density at radius 1 is 0.296 bits per heavy atom. The number of benzene rings is 9. The van der Waals surface area contributed by atoms with E-state index in [2.05, 4.69) is 513 Å². The van der Waals surface area contributed by atoms with Gasteiger partial charge in [-0.1, -0.05) is 286 Å². The number of likely N-dealkylation sites (N-methyl/N-ethyl adjacent to an activating group) is 1. The molecule has 1 aromatic heterocycles. The van der Waals surface area contributed by atoms with Crippen molar-refractivity contribution in [3.05, 3.63) is 352 Å². The van der Waals surface area contributed by atoms with Crippen LogP contribution in [0.2, 0.25) is 0 Å². The van der Waals surface area contributed by atoms with E-state index in [4.69, 9.17) is 25.7 Å². The van der Waals surface area contributed by atoms with Crippen molar-refractivity contribution in [3.63, 3.8) is 0 Å². The topological polar surface area (TPSA) is 0 Å². The minimum absolute atomic E-state index is 0.561. The molecule has 10 rings (SSSR count). The summed E-state index contributed by atoms with van der Waals surface area (Å²) in [4.78, 5) is 1.47. The summed E-state index contributed by atoms with van der Waals surface area (Å²) in [5.74, 6) is 16.8. The van der Waals surface area contributed by atoms with Gasteiger partial charge in [-0.05, 0) is 112 Å². The summed E-state index contributed by atoms with van der Waals surface area (Å²) >= 11 is 1.83. The van der Waals surface area contributed by atoms with Gasteiger partial charge in [0, 0.05) is 50.9 Å².